The molecule has 1 fully saturated rings. The Kier molecular flexibility index (Phi) is 6.46. The topological polar surface area (TPSA) is 87.7 Å². The Morgan fingerprint density at radius 1 is 1.29 bits per heavy atom. The number of hydrogen-bond donors (Lipinski definition) is 3. The first kappa shape index (κ1) is 18.1. The Hall–Kier alpha value is -2.24. The van der Waals surface area contributed by atoms with Crippen LogP contribution in [0, 0.1) is 5.92 Å². The van der Waals surface area contributed by atoms with Gasteiger partial charge in [-0.15, -0.1) is 0 Å². The van der Waals surface area contributed by atoms with E-state index in [4.69, 9.17) is 9.84 Å². The van der Waals surface area contributed by atoms with Crippen molar-refractivity contribution in [1.29, 1.82) is 0 Å². The van der Waals surface area contributed by atoms with E-state index in [1.165, 1.54) is 0 Å². The molecule has 1 unspecified atom stereocenters. The Morgan fingerprint density at radius 3 is 2.62 bits per heavy atom. The number of nitrogens with one attached hydrogen (secondary N) is 2. The number of carbonyl (C=O) groups is 2. The largest absolute Gasteiger partial charge is 0.497 e. The number of methoxy groups -OCH3 is 1. The molecule has 6 heteroatoms. The summed E-state index contributed by atoms with van der Waals surface area (Å²) < 4.78 is 5.20. The molecule has 1 saturated carbocycles. The standard InChI is InChI=1S/C18H26N2O4/c1-12(10-13-4-3-5-16(11-13)24-2)19-18(23)20-15-8-6-14(7-9-15)17(21)22/h3-5,11-12,14-15H,6-10H2,1-2H3,(H,21,22)(H2,19,20,23). The van der Waals surface area contributed by atoms with Crippen molar-refractivity contribution >= 4 is 12.0 Å². The summed E-state index contributed by atoms with van der Waals surface area (Å²) in [6, 6.07) is 7.65. The van der Waals surface area contributed by atoms with Crippen LogP contribution in [0.1, 0.15) is 38.2 Å². The van der Waals surface area contributed by atoms with Gasteiger partial charge in [-0.2, -0.15) is 0 Å². The third kappa shape index (κ3) is 5.44. The highest BCUT2D eigenvalue weighted by Crippen LogP contribution is 2.24. The summed E-state index contributed by atoms with van der Waals surface area (Å²) in [5, 5.41) is 14.9. The third-order valence-electron chi connectivity index (χ3n) is 4.47. The van der Waals surface area contributed by atoms with E-state index in [0.717, 1.165) is 17.7 Å². The van der Waals surface area contributed by atoms with Crippen LogP contribution < -0.4 is 15.4 Å². The van der Waals surface area contributed by atoms with Gasteiger partial charge in [-0.3, -0.25) is 4.79 Å². The van der Waals surface area contributed by atoms with Crippen molar-refractivity contribution in [2.75, 3.05) is 7.11 Å². The molecule has 2 amide bonds. The minimum atomic E-state index is -0.732. The lowest BCUT2D eigenvalue weighted by Crippen LogP contribution is -2.47. The Bertz CT molecular complexity index is 568. The number of benzene rings is 1. The van der Waals surface area contributed by atoms with Gasteiger partial charge in [-0.1, -0.05) is 12.1 Å². The van der Waals surface area contributed by atoms with E-state index in [0.29, 0.717) is 25.7 Å². The van der Waals surface area contributed by atoms with E-state index in [1.807, 2.05) is 31.2 Å². The molecular weight excluding hydrogens is 308 g/mol. The van der Waals surface area contributed by atoms with Gasteiger partial charge in [-0.25, -0.2) is 4.79 Å². The average molecular weight is 334 g/mol. The first-order valence-electron chi connectivity index (χ1n) is 8.40. The van der Waals surface area contributed by atoms with Crippen molar-refractivity contribution in [2.24, 2.45) is 5.92 Å². The zero-order valence-corrected chi connectivity index (χ0v) is 14.2. The van der Waals surface area contributed by atoms with Crippen LogP contribution in [0.2, 0.25) is 0 Å². The number of aliphatic carboxylic acids is 1. The van der Waals surface area contributed by atoms with Crippen molar-refractivity contribution < 1.29 is 19.4 Å². The predicted octanol–water partition coefficient (Wildman–Crippen LogP) is 2.57. The maximum Gasteiger partial charge on any atom is 0.315 e. The minimum absolute atomic E-state index is 0.00698. The highest BCUT2D eigenvalue weighted by atomic mass is 16.5. The molecule has 1 aromatic carbocycles. The van der Waals surface area contributed by atoms with Crippen LogP contribution >= 0.6 is 0 Å². The zero-order valence-electron chi connectivity index (χ0n) is 14.2. The van der Waals surface area contributed by atoms with Gasteiger partial charge in [-0.05, 0) is 56.7 Å². The molecule has 1 atom stereocenters. The number of rotatable bonds is 6. The summed E-state index contributed by atoms with van der Waals surface area (Å²) in [7, 11) is 1.63. The second kappa shape index (κ2) is 8.57. The molecule has 3 N–H and O–H groups in total. The number of amides is 2. The summed E-state index contributed by atoms with van der Waals surface area (Å²) in [6.45, 7) is 1.96. The summed E-state index contributed by atoms with van der Waals surface area (Å²) in [5.74, 6) is -0.192. The highest BCUT2D eigenvalue weighted by Gasteiger charge is 2.26. The fraction of sp³-hybridized carbons (Fsp3) is 0.556. The molecule has 0 aliphatic heterocycles. The SMILES string of the molecule is COc1cccc(CC(C)NC(=O)NC2CCC(C(=O)O)CC2)c1. The zero-order chi connectivity index (χ0) is 17.5. The summed E-state index contributed by atoms with van der Waals surface area (Å²) in [6.07, 6.45) is 3.40. The molecule has 1 aliphatic rings. The third-order valence-corrected chi connectivity index (χ3v) is 4.47. The van der Waals surface area contributed by atoms with Crippen LogP contribution in [0.25, 0.3) is 0 Å². The van der Waals surface area contributed by atoms with Crippen LogP contribution in [0.4, 0.5) is 4.79 Å². The summed E-state index contributed by atoms with van der Waals surface area (Å²) in [4.78, 5) is 23.0. The van der Waals surface area contributed by atoms with Crippen LogP contribution in [-0.4, -0.2) is 36.3 Å². The number of carboxylic acid groups (broad SMARTS) is 1. The van der Waals surface area contributed by atoms with Crippen LogP contribution in [0.5, 0.6) is 5.75 Å². The fourth-order valence-corrected chi connectivity index (χ4v) is 3.14. The smallest absolute Gasteiger partial charge is 0.315 e. The summed E-state index contributed by atoms with van der Waals surface area (Å²) >= 11 is 0. The molecule has 0 spiro atoms. The molecular formula is C18H26N2O4. The molecule has 2 rings (SSSR count). The van der Waals surface area contributed by atoms with E-state index in [1.54, 1.807) is 7.11 Å². The molecule has 1 aliphatic carbocycles. The number of carboxylic acids is 1. The van der Waals surface area contributed by atoms with Gasteiger partial charge in [0, 0.05) is 12.1 Å². The normalized spacial score (nSPS) is 21.6. The number of hydrogen-bond acceptors (Lipinski definition) is 3. The van der Waals surface area contributed by atoms with E-state index in [9.17, 15) is 9.59 Å². The average Bonchev–Trinajstić information content (AvgIpc) is 2.55. The van der Waals surface area contributed by atoms with Crippen molar-refractivity contribution in [3.63, 3.8) is 0 Å². The van der Waals surface area contributed by atoms with Gasteiger partial charge in [0.15, 0.2) is 0 Å². The van der Waals surface area contributed by atoms with Crippen molar-refractivity contribution in [2.45, 2.75) is 51.1 Å². The molecule has 1 aromatic rings. The maximum atomic E-state index is 12.1. The quantitative estimate of drug-likeness (QED) is 0.746. The van der Waals surface area contributed by atoms with Gasteiger partial charge in [0.05, 0.1) is 13.0 Å². The molecule has 132 valence electrons. The highest BCUT2D eigenvalue weighted by molar-refractivity contribution is 5.74. The first-order chi connectivity index (χ1) is 11.5. The van der Waals surface area contributed by atoms with Crippen molar-refractivity contribution in [1.82, 2.24) is 10.6 Å². The summed E-state index contributed by atoms with van der Waals surface area (Å²) in [5.41, 5.74) is 1.10. The first-order valence-corrected chi connectivity index (χ1v) is 8.40. The van der Waals surface area contributed by atoms with E-state index in [2.05, 4.69) is 10.6 Å². The predicted molar refractivity (Wildman–Crippen MR) is 91.2 cm³/mol. The van der Waals surface area contributed by atoms with Gasteiger partial charge in [0.25, 0.3) is 0 Å². The number of ether oxygens (including phenoxy) is 1. The Balaban J connectivity index is 1.74. The van der Waals surface area contributed by atoms with E-state index < -0.39 is 5.97 Å². The van der Waals surface area contributed by atoms with Crippen LogP contribution in [0.15, 0.2) is 24.3 Å². The van der Waals surface area contributed by atoms with E-state index >= 15 is 0 Å². The number of carbonyl (C=O) groups excluding carboxylic acids is 1. The van der Waals surface area contributed by atoms with Gasteiger partial charge >= 0.3 is 12.0 Å². The monoisotopic (exact) mass is 334 g/mol. The van der Waals surface area contributed by atoms with Crippen LogP contribution in [-0.2, 0) is 11.2 Å². The molecule has 0 saturated heterocycles. The molecule has 0 radical (unpaired) electrons. The maximum absolute atomic E-state index is 12.1. The van der Waals surface area contributed by atoms with Crippen LogP contribution in [0.3, 0.4) is 0 Å². The molecule has 0 heterocycles. The van der Waals surface area contributed by atoms with E-state index in [-0.39, 0.29) is 24.0 Å². The second-order valence-electron chi connectivity index (χ2n) is 6.46. The minimum Gasteiger partial charge on any atom is -0.497 e. The second-order valence-corrected chi connectivity index (χ2v) is 6.46. The molecule has 0 bridgehead atoms. The molecule has 24 heavy (non-hydrogen) atoms. The van der Waals surface area contributed by atoms with Crippen molar-refractivity contribution in [3.05, 3.63) is 29.8 Å². The van der Waals surface area contributed by atoms with Gasteiger partial charge in [0.1, 0.15) is 5.75 Å². The van der Waals surface area contributed by atoms with Gasteiger partial charge in [0.2, 0.25) is 0 Å². The Morgan fingerprint density at radius 2 is 2.00 bits per heavy atom. The molecule has 6 nitrogen and oxygen atoms in total. The number of urea groups is 1. The lowest BCUT2D eigenvalue weighted by molar-refractivity contribution is -0.142. The molecule has 0 aromatic heterocycles. The lowest BCUT2D eigenvalue weighted by atomic mass is 9.86. The van der Waals surface area contributed by atoms with Crippen molar-refractivity contribution in [3.8, 4) is 5.75 Å². The lowest BCUT2D eigenvalue weighted by Gasteiger charge is -2.27. The van der Waals surface area contributed by atoms with Gasteiger partial charge < -0.3 is 20.5 Å². The fourth-order valence-electron chi connectivity index (χ4n) is 3.14. The Labute approximate surface area is 142 Å².